The van der Waals surface area contributed by atoms with E-state index in [1.54, 1.807) is 16.8 Å². The Balaban J connectivity index is 1.63. The lowest BCUT2D eigenvalue weighted by Gasteiger charge is -2.09. The number of rotatable bonds is 6. The zero-order valence-corrected chi connectivity index (χ0v) is 15.6. The Morgan fingerprint density at radius 3 is 2.48 bits per heavy atom. The summed E-state index contributed by atoms with van der Waals surface area (Å²) >= 11 is 1.04. The van der Waals surface area contributed by atoms with Crippen LogP contribution in [-0.4, -0.2) is 34.0 Å². The molecule has 1 amide bonds. The summed E-state index contributed by atoms with van der Waals surface area (Å²) < 4.78 is 6.63. The molecule has 0 spiro atoms. The largest absolute Gasteiger partial charge is 0.451 e. The molecule has 2 aromatic heterocycles. The fraction of sp³-hybridized carbons (Fsp3) is 0.158. The minimum Gasteiger partial charge on any atom is -0.451 e. The van der Waals surface area contributed by atoms with Crippen molar-refractivity contribution in [3.8, 4) is 5.69 Å². The van der Waals surface area contributed by atoms with Crippen molar-refractivity contribution in [1.29, 1.82) is 0 Å². The molecule has 0 unspecified atom stereocenters. The molecule has 0 aliphatic heterocycles. The number of ketones is 1. The van der Waals surface area contributed by atoms with E-state index in [1.165, 1.54) is 13.0 Å². The Hall–Kier alpha value is -3.26. The number of aromatic nitrogens is 2. The minimum atomic E-state index is -0.643. The van der Waals surface area contributed by atoms with Crippen LogP contribution in [0.3, 0.4) is 0 Å². The number of thiophene rings is 1. The predicted molar refractivity (Wildman–Crippen MR) is 102 cm³/mol. The maximum Gasteiger partial charge on any atom is 0.348 e. The van der Waals surface area contributed by atoms with Crippen molar-refractivity contribution in [3.05, 3.63) is 64.0 Å². The summed E-state index contributed by atoms with van der Waals surface area (Å²) in [6.45, 7) is 2.80. The first-order chi connectivity index (χ1) is 12.9. The van der Waals surface area contributed by atoms with Crippen LogP contribution in [0.15, 0.2) is 48.5 Å². The number of ether oxygens (including phenoxy) is 1. The lowest BCUT2D eigenvalue weighted by atomic mass is 10.3. The van der Waals surface area contributed by atoms with Crippen molar-refractivity contribution in [2.75, 3.05) is 11.9 Å². The third-order valence-electron chi connectivity index (χ3n) is 3.59. The number of para-hydroxylation sites is 1. The van der Waals surface area contributed by atoms with Crippen molar-refractivity contribution in [2.24, 2.45) is 0 Å². The van der Waals surface area contributed by atoms with Gasteiger partial charge in [-0.2, -0.15) is 5.10 Å². The molecule has 8 heteroatoms. The molecule has 0 saturated carbocycles. The molecule has 138 valence electrons. The lowest BCUT2D eigenvalue weighted by Crippen LogP contribution is -2.22. The van der Waals surface area contributed by atoms with Gasteiger partial charge in [0.05, 0.1) is 16.3 Å². The van der Waals surface area contributed by atoms with Gasteiger partial charge in [-0.25, -0.2) is 9.48 Å². The molecule has 1 N–H and O–H groups in total. The number of carbonyl (C=O) groups is 3. The van der Waals surface area contributed by atoms with E-state index in [4.69, 9.17) is 4.74 Å². The van der Waals surface area contributed by atoms with Gasteiger partial charge in [0.1, 0.15) is 10.7 Å². The quantitative estimate of drug-likeness (QED) is 0.521. The average molecular weight is 383 g/mol. The topological polar surface area (TPSA) is 90.3 Å². The highest BCUT2D eigenvalue weighted by molar-refractivity contribution is 7.15. The van der Waals surface area contributed by atoms with E-state index in [2.05, 4.69) is 10.4 Å². The number of hydrogen-bond donors (Lipinski definition) is 1. The van der Waals surface area contributed by atoms with E-state index >= 15 is 0 Å². The number of anilines is 1. The van der Waals surface area contributed by atoms with Gasteiger partial charge < -0.3 is 10.1 Å². The van der Waals surface area contributed by atoms with Crippen molar-refractivity contribution in [3.63, 3.8) is 0 Å². The second kappa shape index (κ2) is 7.96. The van der Waals surface area contributed by atoms with Crippen LogP contribution in [0.2, 0.25) is 0 Å². The standard InChI is InChI=1S/C19H17N3O4S/c1-12-10-17(22(21-12)14-6-4-3-5-7-14)20-18(24)11-26-19(25)16-9-8-15(27-16)13(2)23/h3-10H,11H2,1-2H3,(H,20,24). The van der Waals surface area contributed by atoms with Gasteiger partial charge in [-0.3, -0.25) is 9.59 Å². The van der Waals surface area contributed by atoms with Crippen LogP contribution in [-0.2, 0) is 9.53 Å². The van der Waals surface area contributed by atoms with Crippen LogP contribution in [0.4, 0.5) is 5.82 Å². The van der Waals surface area contributed by atoms with Crippen LogP contribution in [0.1, 0.15) is 32.0 Å². The molecule has 1 aromatic carbocycles. The summed E-state index contributed by atoms with van der Waals surface area (Å²) in [5.74, 6) is -0.768. The smallest absolute Gasteiger partial charge is 0.348 e. The van der Waals surface area contributed by atoms with E-state index in [-0.39, 0.29) is 10.7 Å². The molecule has 0 bridgehead atoms. The monoisotopic (exact) mass is 383 g/mol. The number of hydrogen-bond acceptors (Lipinski definition) is 6. The molecular weight excluding hydrogens is 366 g/mol. The summed E-state index contributed by atoms with van der Waals surface area (Å²) in [4.78, 5) is 36.2. The van der Waals surface area contributed by atoms with Crippen molar-refractivity contribution in [2.45, 2.75) is 13.8 Å². The van der Waals surface area contributed by atoms with Crippen LogP contribution in [0.25, 0.3) is 5.69 Å². The number of benzene rings is 1. The number of amides is 1. The third-order valence-corrected chi connectivity index (χ3v) is 4.75. The van der Waals surface area contributed by atoms with E-state index in [0.29, 0.717) is 10.7 Å². The number of nitrogens with zero attached hydrogens (tertiary/aromatic N) is 2. The zero-order valence-electron chi connectivity index (χ0n) is 14.8. The van der Waals surface area contributed by atoms with E-state index in [0.717, 1.165) is 22.7 Å². The molecule has 3 rings (SSSR count). The molecule has 0 atom stereocenters. The molecule has 27 heavy (non-hydrogen) atoms. The molecule has 3 aromatic rings. The van der Waals surface area contributed by atoms with Gasteiger partial charge in [0.25, 0.3) is 5.91 Å². The predicted octanol–water partition coefficient (Wildman–Crippen LogP) is 3.24. The SMILES string of the molecule is CC(=O)c1ccc(C(=O)OCC(=O)Nc2cc(C)nn2-c2ccccc2)s1. The van der Waals surface area contributed by atoms with Crippen molar-refractivity contribution >= 4 is 34.8 Å². The van der Waals surface area contributed by atoms with Crippen LogP contribution >= 0.6 is 11.3 Å². The summed E-state index contributed by atoms with van der Waals surface area (Å²) in [7, 11) is 0. The first kappa shape index (κ1) is 18.5. The summed E-state index contributed by atoms with van der Waals surface area (Å²) in [6, 6.07) is 14.2. The fourth-order valence-corrected chi connectivity index (χ4v) is 3.17. The number of carbonyl (C=O) groups excluding carboxylic acids is 3. The van der Waals surface area contributed by atoms with Crippen LogP contribution < -0.4 is 5.32 Å². The second-order valence-electron chi connectivity index (χ2n) is 5.76. The first-order valence-electron chi connectivity index (χ1n) is 8.14. The lowest BCUT2D eigenvalue weighted by molar-refractivity contribution is -0.119. The summed E-state index contributed by atoms with van der Waals surface area (Å²) in [6.07, 6.45) is 0. The molecular formula is C19H17N3O4S. The van der Waals surface area contributed by atoms with Gasteiger partial charge in [-0.05, 0) is 38.1 Å². The number of esters is 1. The molecule has 0 saturated heterocycles. The number of Topliss-reactive ketones (excluding diaryl/α,β-unsaturated/α-hetero) is 1. The fourth-order valence-electron chi connectivity index (χ4n) is 2.37. The molecule has 0 aliphatic carbocycles. The molecule has 0 fully saturated rings. The van der Waals surface area contributed by atoms with Crippen LogP contribution in [0, 0.1) is 6.92 Å². The highest BCUT2D eigenvalue weighted by Gasteiger charge is 2.16. The number of aryl methyl sites for hydroxylation is 1. The van der Waals surface area contributed by atoms with Crippen molar-refractivity contribution < 1.29 is 19.1 Å². The number of nitrogens with one attached hydrogen (secondary N) is 1. The van der Waals surface area contributed by atoms with E-state index in [1.807, 2.05) is 37.3 Å². The molecule has 7 nitrogen and oxygen atoms in total. The molecule has 0 radical (unpaired) electrons. The first-order valence-corrected chi connectivity index (χ1v) is 8.95. The Bertz CT molecular complexity index is 992. The van der Waals surface area contributed by atoms with Gasteiger partial charge in [0.15, 0.2) is 12.4 Å². The van der Waals surface area contributed by atoms with Gasteiger partial charge in [0, 0.05) is 6.07 Å². The Morgan fingerprint density at radius 1 is 1.11 bits per heavy atom. The van der Waals surface area contributed by atoms with E-state index < -0.39 is 18.5 Å². The highest BCUT2D eigenvalue weighted by Crippen LogP contribution is 2.19. The molecule has 2 heterocycles. The Morgan fingerprint density at radius 2 is 1.81 bits per heavy atom. The third kappa shape index (κ3) is 4.48. The maximum atomic E-state index is 12.2. The normalized spacial score (nSPS) is 10.4. The Kier molecular flexibility index (Phi) is 5.46. The van der Waals surface area contributed by atoms with Gasteiger partial charge in [-0.15, -0.1) is 11.3 Å². The summed E-state index contributed by atoms with van der Waals surface area (Å²) in [5.41, 5.74) is 1.54. The van der Waals surface area contributed by atoms with Gasteiger partial charge >= 0.3 is 5.97 Å². The maximum absolute atomic E-state index is 12.2. The minimum absolute atomic E-state index is 0.124. The molecule has 0 aliphatic rings. The second-order valence-corrected chi connectivity index (χ2v) is 6.85. The summed E-state index contributed by atoms with van der Waals surface area (Å²) in [5, 5.41) is 7.05. The van der Waals surface area contributed by atoms with E-state index in [9.17, 15) is 14.4 Å². The van der Waals surface area contributed by atoms with Gasteiger partial charge in [-0.1, -0.05) is 18.2 Å². The van der Waals surface area contributed by atoms with Gasteiger partial charge in [0.2, 0.25) is 0 Å². The highest BCUT2D eigenvalue weighted by atomic mass is 32.1. The average Bonchev–Trinajstić information content (AvgIpc) is 3.27. The van der Waals surface area contributed by atoms with Crippen LogP contribution in [0.5, 0.6) is 0 Å². The Labute approximate surface area is 159 Å². The zero-order chi connectivity index (χ0) is 19.4. The van der Waals surface area contributed by atoms with Crippen molar-refractivity contribution in [1.82, 2.24) is 9.78 Å².